The van der Waals surface area contributed by atoms with Gasteiger partial charge in [-0.05, 0) is 51.3 Å². The van der Waals surface area contributed by atoms with Gasteiger partial charge in [-0.1, -0.05) is 201 Å². The number of hydrogen-bond donors (Lipinski definition) is 0. The third-order valence-electron chi connectivity index (χ3n) is 13.9. The molecule has 0 saturated carbocycles. The lowest BCUT2D eigenvalue weighted by Gasteiger charge is -2.51. The van der Waals surface area contributed by atoms with Crippen molar-refractivity contribution in [1.29, 1.82) is 0 Å². The summed E-state index contributed by atoms with van der Waals surface area (Å²) in [6, 6.07) is 65.5. The molecule has 0 aliphatic carbocycles. The van der Waals surface area contributed by atoms with Gasteiger partial charge in [0.25, 0.3) is 11.8 Å². The number of nitrogens with zero attached hydrogens (tertiary/aromatic N) is 1. The minimum Gasteiger partial charge on any atom is -0.374 e. The molecule has 10 atom stereocenters. The number of fused-ring (bicyclic) bond motifs is 1. The second kappa shape index (κ2) is 27.3. The zero-order valence-corrected chi connectivity index (χ0v) is 43.9. The van der Waals surface area contributed by atoms with E-state index in [1.807, 2.05) is 189 Å². The zero-order valence-electron chi connectivity index (χ0n) is 43.1. The largest absolute Gasteiger partial charge is 0.374 e. The first-order chi connectivity index (χ1) is 38.0. The van der Waals surface area contributed by atoms with Gasteiger partial charge in [0.15, 0.2) is 6.29 Å². The van der Waals surface area contributed by atoms with E-state index in [1.54, 1.807) is 24.3 Å². The Labute approximate surface area is 455 Å². The molecule has 2 fully saturated rings. The molecule has 4 unspecified atom stereocenters. The minimum absolute atomic E-state index is 0.0585. The predicted molar refractivity (Wildman–Crippen MR) is 293 cm³/mol. The van der Waals surface area contributed by atoms with Crippen LogP contribution >= 0.6 is 11.8 Å². The van der Waals surface area contributed by atoms with E-state index >= 15 is 0 Å². The van der Waals surface area contributed by atoms with Crippen molar-refractivity contribution < 1.29 is 52.2 Å². The molecule has 0 spiro atoms. The summed E-state index contributed by atoms with van der Waals surface area (Å²) in [4.78, 5) is 30.8. The molecule has 2 saturated heterocycles. The van der Waals surface area contributed by atoms with Gasteiger partial charge in [0.1, 0.15) is 54.2 Å². The molecule has 7 aromatic rings. The minimum atomic E-state index is -1.20. The smallest absolute Gasteiger partial charge is 0.262 e. The molecule has 0 bridgehead atoms. The van der Waals surface area contributed by atoms with Crippen LogP contribution < -0.4 is 0 Å². The SMILES string of the molecule is CCS[C@@H]1OC(COCc2ccccc2)[C@@H](O[C@@H]2OC(COCc3ccccc3)[C@H](OCc3ccccc3)[C@H](OCc3ccccc3)C2OCc2ccccc2)[C@H](OCc2ccccc2)C1N1C(=O)c2ccccc2C1=O. The fraction of sp³-hybridized carbons (Fsp3) is 0.312. The van der Waals surface area contributed by atoms with Crippen molar-refractivity contribution >= 4 is 23.6 Å². The number of imide groups is 1. The van der Waals surface area contributed by atoms with Gasteiger partial charge in [-0.15, -0.1) is 11.8 Å². The molecule has 398 valence electrons. The Balaban J connectivity index is 1.08. The highest BCUT2D eigenvalue weighted by atomic mass is 32.2. The molecule has 3 aliphatic heterocycles. The lowest BCUT2D eigenvalue weighted by molar-refractivity contribution is -0.355. The maximum Gasteiger partial charge on any atom is 0.262 e. The molecule has 3 aliphatic rings. The van der Waals surface area contributed by atoms with Crippen LogP contribution in [-0.4, -0.2) is 96.2 Å². The Morgan fingerprint density at radius 3 is 1.17 bits per heavy atom. The molecule has 12 nitrogen and oxygen atoms in total. The highest BCUT2D eigenvalue weighted by Crippen LogP contribution is 2.41. The van der Waals surface area contributed by atoms with E-state index in [-0.39, 0.29) is 46.2 Å². The first kappa shape index (κ1) is 54.0. The first-order valence-electron chi connectivity index (χ1n) is 26.4. The zero-order chi connectivity index (χ0) is 52.6. The lowest BCUT2D eigenvalue weighted by Crippen LogP contribution is -2.68. The van der Waals surface area contributed by atoms with E-state index in [9.17, 15) is 9.59 Å². The topological polar surface area (TPSA) is 120 Å². The Kier molecular flexibility index (Phi) is 19.2. The van der Waals surface area contributed by atoms with Crippen molar-refractivity contribution in [2.24, 2.45) is 0 Å². The van der Waals surface area contributed by atoms with E-state index in [1.165, 1.54) is 16.7 Å². The van der Waals surface area contributed by atoms with Crippen LogP contribution in [0.2, 0.25) is 0 Å². The molecule has 3 heterocycles. The second-order valence-corrected chi connectivity index (χ2v) is 20.6. The van der Waals surface area contributed by atoms with Gasteiger partial charge in [-0.3, -0.25) is 14.5 Å². The quantitative estimate of drug-likeness (QED) is 0.0507. The summed E-state index contributed by atoms with van der Waals surface area (Å²) in [6.45, 7) is 3.53. The van der Waals surface area contributed by atoms with E-state index in [4.69, 9.17) is 42.6 Å². The summed E-state index contributed by atoms with van der Waals surface area (Å²) in [5.41, 5.74) is 5.57. The van der Waals surface area contributed by atoms with Crippen molar-refractivity contribution in [3.63, 3.8) is 0 Å². The number of thioether (sulfide) groups is 1. The van der Waals surface area contributed by atoms with Crippen LogP contribution in [0.5, 0.6) is 0 Å². The Hall–Kier alpha value is -6.33. The standard InChI is InChI=1S/C64H65NO11S/c1-2-77-64-55(65-61(66)51-35-21-22-36-52(51)62(65)67)58(71-40-48-29-15-6-16-30-48)57(54(75-64)44-69-38-46-25-11-4-12-26-46)76-63-60(73-42-50-33-19-8-20-34-50)59(72-41-49-31-17-7-18-32-49)56(70-39-47-27-13-5-14-28-47)53(74-63)43-68-37-45-23-9-3-10-24-45/h3-36,53-60,63-64H,2,37-44H2,1H3/t53?,54?,55?,56-,57+,58+,59-,60?,63-,64-/m0/s1. The van der Waals surface area contributed by atoms with Gasteiger partial charge in [-0.2, -0.15) is 0 Å². The van der Waals surface area contributed by atoms with Gasteiger partial charge in [0.2, 0.25) is 0 Å². The van der Waals surface area contributed by atoms with Gasteiger partial charge in [-0.25, -0.2) is 0 Å². The maximum atomic E-state index is 14.8. The predicted octanol–water partition coefficient (Wildman–Crippen LogP) is 11.0. The van der Waals surface area contributed by atoms with Gasteiger partial charge < -0.3 is 42.6 Å². The number of carbonyl (C=O) groups excluding carboxylic acids is 2. The Bertz CT molecular complexity index is 2860. The summed E-state index contributed by atoms with van der Waals surface area (Å²) in [5, 5.41) is 0. The average molecular weight is 1060 g/mol. The molecule has 13 heteroatoms. The van der Waals surface area contributed by atoms with Gasteiger partial charge in [0.05, 0.1) is 64.0 Å². The number of carbonyl (C=O) groups is 2. The Morgan fingerprint density at radius 1 is 0.403 bits per heavy atom. The van der Waals surface area contributed by atoms with E-state index in [0.717, 1.165) is 33.4 Å². The van der Waals surface area contributed by atoms with E-state index in [0.29, 0.717) is 23.5 Å². The molecular formula is C64H65NO11S. The van der Waals surface area contributed by atoms with Crippen LogP contribution in [0.15, 0.2) is 206 Å². The number of rotatable bonds is 25. The second-order valence-electron chi connectivity index (χ2n) is 19.2. The number of hydrogen-bond acceptors (Lipinski definition) is 12. The summed E-state index contributed by atoms with van der Waals surface area (Å²) in [7, 11) is 0. The van der Waals surface area contributed by atoms with Crippen LogP contribution in [0.1, 0.15) is 61.0 Å². The molecule has 10 rings (SSSR count). The number of ether oxygens (including phenoxy) is 9. The molecule has 0 N–H and O–H groups in total. The fourth-order valence-electron chi connectivity index (χ4n) is 10.1. The highest BCUT2D eigenvalue weighted by Gasteiger charge is 2.57. The number of benzene rings is 7. The van der Waals surface area contributed by atoms with Crippen molar-refractivity contribution in [3.8, 4) is 0 Å². The van der Waals surface area contributed by atoms with Gasteiger partial charge >= 0.3 is 0 Å². The van der Waals surface area contributed by atoms with Crippen LogP contribution in [-0.2, 0) is 82.3 Å². The lowest BCUT2D eigenvalue weighted by atomic mass is 9.94. The van der Waals surface area contributed by atoms with Crippen LogP contribution in [0.3, 0.4) is 0 Å². The molecule has 2 amide bonds. The van der Waals surface area contributed by atoms with Crippen molar-refractivity contribution in [3.05, 3.63) is 251 Å². The highest BCUT2D eigenvalue weighted by molar-refractivity contribution is 7.99. The summed E-state index contributed by atoms with van der Waals surface area (Å²) in [5.74, 6) is -0.267. The van der Waals surface area contributed by atoms with Crippen molar-refractivity contribution in [2.45, 2.75) is 107 Å². The molecular weight excluding hydrogens is 991 g/mol. The molecule has 0 aromatic heterocycles. The van der Waals surface area contributed by atoms with E-state index < -0.39 is 72.3 Å². The summed E-state index contributed by atoms with van der Waals surface area (Å²) < 4.78 is 63.5. The fourth-order valence-corrected chi connectivity index (χ4v) is 11.1. The normalized spacial score (nSPS) is 24.2. The van der Waals surface area contributed by atoms with Crippen LogP contribution in [0, 0.1) is 0 Å². The number of amides is 2. The first-order valence-corrected chi connectivity index (χ1v) is 27.5. The summed E-state index contributed by atoms with van der Waals surface area (Å²) in [6.07, 6.45) is -7.36. The molecule has 77 heavy (non-hydrogen) atoms. The van der Waals surface area contributed by atoms with Crippen LogP contribution in [0.4, 0.5) is 0 Å². The van der Waals surface area contributed by atoms with E-state index in [2.05, 4.69) is 0 Å². The summed E-state index contributed by atoms with van der Waals surface area (Å²) >= 11 is 1.49. The maximum absolute atomic E-state index is 14.8. The van der Waals surface area contributed by atoms with Crippen LogP contribution in [0.25, 0.3) is 0 Å². The van der Waals surface area contributed by atoms with Crippen molar-refractivity contribution in [2.75, 3.05) is 19.0 Å². The monoisotopic (exact) mass is 1060 g/mol. The molecule has 7 aromatic carbocycles. The Morgan fingerprint density at radius 2 is 0.753 bits per heavy atom. The average Bonchev–Trinajstić information content (AvgIpc) is 3.78. The van der Waals surface area contributed by atoms with Crippen molar-refractivity contribution in [1.82, 2.24) is 4.90 Å². The third kappa shape index (κ3) is 13.9. The van der Waals surface area contributed by atoms with Gasteiger partial charge in [0, 0.05) is 0 Å². The third-order valence-corrected chi connectivity index (χ3v) is 14.9. The molecule has 0 radical (unpaired) electrons.